The van der Waals surface area contributed by atoms with E-state index < -0.39 is 0 Å². The Labute approximate surface area is 100 Å². The smallest absolute Gasteiger partial charge is 0.256 e. The molecule has 0 radical (unpaired) electrons. The Kier molecular flexibility index (Phi) is 3.05. The fourth-order valence-corrected chi connectivity index (χ4v) is 1.95. The average Bonchev–Trinajstić information content (AvgIpc) is 3.07. The molecule has 92 valence electrons. The van der Waals surface area contributed by atoms with Crippen LogP contribution in [0.2, 0.25) is 0 Å². The summed E-state index contributed by atoms with van der Waals surface area (Å²) < 4.78 is 0. The zero-order valence-electron chi connectivity index (χ0n) is 10.3. The lowest BCUT2D eigenvalue weighted by atomic mass is 10.0. The molecule has 0 unspecified atom stereocenters. The first-order valence-corrected chi connectivity index (χ1v) is 6.04. The zero-order valence-corrected chi connectivity index (χ0v) is 10.3. The lowest BCUT2D eigenvalue weighted by Crippen LogP contribution is -2.33. The number of rotatable bonds is 4. The van der Waals surface area contributed by atoms with Crippen LogP contribution in [0.4, 0.5) is 0 Å². The Balaban J connectivity index is 2.02. The number of hydrogen-bond donors (Lipinski definition) is 2. The van der Waals surface area contributed by atoms with Gasteiger partial charge in [-0.25, -0.2) is 0 Å². The Morgan fingerprint density at radius 3 is 2.76 bits per heavy atom. The van der Waals surface area contributed by atoms with Crippen LogP contribution in [0, 0.1) is 12.3 Å². The van der Waals surface area contributed by atoms with Gasteiger partial charge < -0.3 is 10.3 Å². The van der Waals surface area contributed by atoms with E-state index in [1.54, 1.807) is 6.92 Å². The molecule has 2 N–H and O–H groups in total. The molecule has 0 aromatic carbocycles. The highest BCUT2D eigenvalue weighted by Crippen LogP contribution is 2.47. The molecule has 1 fully saturated rings. The first-order valence-electron chi connectivity index (χ1n) is 6.04. The molecule has 0 spiro atoms. The van der Waals surface area contributed by atoms with Crippen molar-refractivity contribution in [3.05, 3.63) is 33.7 Å². The predicted octanol–water partition coefficient (Wildman–Crippen LogP) is 1.60. The largest absolute Gasteiger partial charge is 0.364 e. The molecule has 4 heteroatoms. The lowest BCUT2D eigenvalue weighted by molar-refractivity contribution is 0.0943. The van der Waals surface area contributed by atoms with Crippen molar-refractivity contribution in [3.63, 3.8) is 0 Å². The van der Waals surface area contributed by atoms with Crippen molar-refractivity contribution in [2.75, 3.05) is 6.54 Å². The van der Waals surface area contributed by atoms with E-state index in [-0.39, 0.29) is 16.9 Å². The second-order valence-electron chi connectivity index (χ2n) is 4.93. The molecule has 1 aromatic rings. The van der Waals surface area contributed by atoms with Crippen LogP contribution in [-0.2, 0) is 0 Å². The molecule has 0 atom stereocenters. The standard InChI is InChI=1S/C13H18N2O2/c1-3-13(4-5-13)8-15-12(17)10-7-14-9(2)6-11(10)16/h6-7H,3-5,8H2,1-2H3,(H,14,16)(H,15,17). The minimum Gasteiger partial charge on any atom is -0.364 e. The van der Waals surface area contributed by atoms with Gasteiger partial charge in [-0.3, -0.25) is 9.59 Å². The Morgan fingerprint density at radius 1 is 1.53 bits per heavy atom. The molecule has 17 heavy (non-hydrogen) atoms. The number of amides is 1. The topological polar surface area (TPSA) is 62.0 Å². The quantitative estimate of drug-likeness (QED) is 0.831. The van der Waals surface area contributed by atoms with E-state index in [0.717, 1.165) is 12.1 Å². The first kappa shape index (κ1) is 11.9. The molecule has 1 aliphatic carbocycles. The molecule has 0 saturated heterocycles. The van der Waals surface area contributed by atoms with Gasteiger partial charge >= 0.3 is 0 Å². The van der Waals surface area contributed by atoms with Crippen LogP contribution >= 0.6 is 0 Å². The van der Waals surface area contributed by atoms with Gasteiger partial charge in [0.05, 0.1) is 0 Å². The number of H-pyrrole nitrogens is 1. The van der Waals surface area contributed by atoms with Gasteiger partial charge in [0.15, 0.2) is 5.43 Å². The molecule has 1 saturated carbocycles. The Bertz CT molecular complexity index is 486. The molecular formula is C13H18N2O2. The van der Waals surface area contributed by atoms with Gasteiger partial charge in [-0.2, -0.15) is 0 Å². The van der Waals surface area contributed by atoms with Crippen LogP contribution in [-0.4, -0.2) is 17.4 Å². The van der Waals surface area contributed by atoms with Crippen LogP contribution in [0.15, 0.2) is 17.1 Å². The van der Waals surface area contributed by atoms with E-state index >= 15 is 0 Å². The highest BCUT2D eigenvalue weighted by atomic mass is 16.2. The molecular weight excluding hydrogens is 216 g/mol. The van der Waals surface area contributed by atoms with Crippen LogP contribution in [0.25, 0.3) is 0 Å². The number of carbonyl (C=O) groups is 1. The molecule has 1 amide bonds. The van der Waals surface area contributed by atoms with E-state index in [2.05, 4.69) is 17.2 Å². The molecule has 4 nitrogen and oxygen atoms in total. The SMILES string of the molecule is CCC1(CNC(=O)c2c[nH]c(C)cc2=O)CC1. The zero-order chi connectivity index (χ0) is 12.5. The maximum atomic E-state index is 11.8. The van der Waals surface area contributed by atoms with Gasteiger partial charge in [0.1, 0.15) is 5.56 Å². The molecule has 0 aliphatic heterocycles. The highest BCUT2D eigenvalue weighted by Gasteiger charge is 2.40. The minimum absolute atomic E-state index is 0.197. The van der Waals surface area contributed by atoms with Gasteiger partial charge in [0.2, 0.25) is 0 Å². The summed E-state index contributed by atoms with van der Waals surface area (Å²) >= 11 is 0. The monoisotopic (exact) mass is 234 g/mol. The van der Waals surface area contributed by atoms with E-state index in [4.69, 9.17) is 0 Å². The summed E-state index contributed by atoms with van der Waals surface area (Å²) in [5.74, 6) is -0.272. The van der Waals surface area contributed by atoms with Crippen LogP contribution in [0.3, 0.4) is 0 Å². The first-order chi connectivity index (χ1) is 8.06. The van der Waals surface area contributed by atoms with E-state index in [1.165, 1.54) is 25.1 Å². The van der Waals surface area contributed by atoms with Crippen LogP contribution in [0.1, 0.15) is 42.2 Å². The average molecular weight is 234 g/mol. The summed E-state index contributed by atoms with van der Waals surface area (Å²) in [4.78, 5) is 26.3. The summed E-state index contributed by atoms with van der Waals surface area (Å²) in [7, 11) is 0. The van der Waals surface area contributed by atoms with E-state index in [0.29, 0.717) is 12.0 Å². The summed E-state index contributed by atoms with van der Waals surface area (Å²) in [6.45, 7) is 4.60. The highest BCUT2D eigenvalue weighted by molar-refractivity contribution is 5.93. The van der Waals surface area contributed by atoms with Gasteiger partial charge in [-0.1, -0.05) is 6.92 Å². The van der Waals surface area contributed by atoms with Crippen LogP contribution in [0.5, 0.6) is 0 Å². The second-order valence-corrected chi connectivity index (χ2v) is 4.93. The van der Waals surface area contributed by atoms with Gasteiger partial charge in [0.25, 0.3) is 5.91 Å². The second kappa shape index (κ2) is 4.35. The van der Waals surface area contributed by atoms with E-state index in [1.807, 2.05) is 0 Å². The third kappa shape index (κ3) is 2.57. The summed E-state index contributed by atoms with van der Waals surface area (Å²) in [6, 6.07) is 1.45. The van der Waals surface area contributed by atoms with E-state index in [9.17, 15) is 9.59 Å². The fourth-order valence-electron chi connectivity index (χ4n) is 1.95. The number of aromatic nitrogens is 1. The van der Waals surface area contributed by atoms with Crippen molar-refractivity contribution >= 4 is 5.91 Å². The third-order valence-electron chi connectivity index (χ3n) is 3.63. The molecule has 2 rings (SSSR count). The summed E-state index contributed by atoms with van der Waals surface area (Å²) in [5, 5.41) is 2.85. The normalized spacial score (nSPS) is 16.6. The number of nitrogens with one attached hydrogen (secondary N) is 2. The maximum Gasteiger partial charge on any atom is 0.256 e. The van der Waals surface area contributed by atoms with Gasteiger partial charge in [-0.15, -0.1) is 0 Å². The Morgan fingerprint density at radius 2 is 2.24 bits per heavy atom. The van der Waals surface area contributed by atoms with Gasteiger partial charge in [-0.05, 0) is 31.6 Å². The van der Waals surface area contributed by atoms with Crippen LogP contribution < -0.4 is 10.7 Å². The third-order valence-corrected chi connectivity index (χ3v) is 3.63. The summed E-state index contributed by atoms with van der Waals surface area (Å²) in [6.07, 6.45) is 4.91. The van der Waals surface area contributed by atoms with Crippen molar-refractivity contribution in [3.8, 4) is 0 Å². The molecule has 1 heterocycles. The van der Waals surface area contributed by atoms with Gasteiger partial charge in [0, 0.05) is 24.5 Å². The van der Waals surface area contributed by atoms with Crippen molar-refractivity contribution < 1.29 is 4.79 Å². The number of aryl methyl sites for hydroxylation is 1. The lowest BCUT2D eigenvalue weighted by Gasteiger charge is -2.13. The number of carbonyl (C=O) groups excluding carboxylic acids is 1. The minimum atomic E-state index is -0.272. The molecule has 0 bridgehead atoms. The molecule has 1 aliphatic rings. The van der Waals surface area contributed by atoms with Crippen molar-refractivity contribution in [1.29, 1.82) is 0 Å². The Hall–Kier alpha value is -1.58. The molecule has 1 aromatic heterocycles. The number of pyridine rings is 1. The number of aromatic amines is 1. The van der Waals surface area contributed by atoms with Crippen molar-refractivity contribution in [1.82, 2.24) is 10.3 Å². The van der Waals surface area contributed by atoms with Crippen molar-refractivity contribution in [2.24, 2.45) is 5.41 Å². The number of hydrogen-bond acceptors (Lipinski definition) is 2. The fraction of sp³-hybridized carbons (Fsp3) is 0.538. The predicted molar refractivity (Wildman–Crippen MR) is 66.1 cm³/mol. The van der Waals surface area contributed by atoms with Crippen molar-refractivity contribution in [2.45, 2.75) is 33.1 Å². The summed E-state index contributed by atoms with van der Waals surface area (Å²) in [5.41, 5.74) is 1.04. The maximum absolute atomic E-state index is 11.8.